The molecule has 7 nitrogen and oxygen atoms in total. The lowest BCUT2D eigenvalue weighted by molar-refractivity contribution is -0.137. The summed E-state index contributed by atoms with van der Waals surface area (Å²) in [5.74, 6) is -0.681. The fourth-order valence-electron chi connectivity index (χ4n) is 2.69. The van der Waals surface area contributed by atoms with Crippen molar-refractivity contribution in [3.8, 4) is 6.07 Å². The van der Waals surface area contributed by atoms with Crippen molar-refractivity contribution in [2.75, 3.05) is 5.32 Å². The summed E-state index contributed by atoms with van der Waals surface area (Å²) < 4.78 is 70.9. The number of carbonyl (C=O) groups is 1. The predicted molar refractivity (Wildman–Crippen MR) is 118 cm³/mol. The van der Waals surface area contributed by atoms with Gasteiger partial charge in [0.2, 0.25) is 10.0 Å². The fourth-order valence-corrected chi connectivity index (χ4v) is 3.81. The monoisotopic (exact) mass is 509 g/mol. The summed E-state index contributed by atoms with van der Waals surface area (Å²) in [6.07, 6.45) is -3.51. The van der Waals surface area contributed by atoms with E-state index in [1.54, 1.807) is 6.07 Å². The summed E-state index contributed by atoms with van der Waals surface area (Å²) in [5.41, 5.74) is -1.53. The summed E-state index contributed by atoms with van der Waals surface area (Å²) in [6, 6.07) is 14.0. The second-order valence-corrected chi connectivity index (χ2v) is 8.99. The highest BCUT2D eigenvalue weighted by Crippen LogP contribution is 2.30. The van der Waals surface area contributed by atoms with Gasteiger partial charge in [-0.1, -0.05) is 17.7 Å². The maximum atomic E-state index is 12.8. The molecule has 0 aliphatic carbocycles. The van der Waals surface area contributed by atoms with Gasteiger partial charge in [-0.15, -0.1) is 0 Å². The number of nitrogens with one attached hydrogen (secondary N) is 2. The van der Waals surface area contributed by atoms with E-state index >= 15 is 0 Å². The molecule has 34 heavy (non-hydrogen) atoms. The molecule has 0 fully saturated rings. The van der Waals surface area contributed by atoms with Crippen LogP contribution in [-0.4, -0.2) is 14.3 Å². The summed E-state index contributed by atoms with van der Waals surface area (Å²) in [5, 5.41) is 11.9. The van der Waals surface area contributed by atoms with Crippen LogP contribution in [0.2, 0.25) is 5.02 Å². The molecule has 0 spiro atoms. The third-order valence-corrected chi connectivity index (χ3v) is 6.01. The number of sulfonamides is 1. The number of carbonyl (C=O) groups excluding carboxylic acids is 1. The molecule has 1 amide bonds. The van der Waals surface area contributed by atoms with Crippen LogP contribution in [0.4, 0.5) is 18.9 Å². The Morgan fingerprint density at radius 3 is 2.47 bits per heavy atom. The molecule has 0 saturated carbocycles. The van der Waals surface area contributed by atoms with E-state index in [2.05, 4.69) is 10.0 Å². The number of rotatable bonds is 7. The highest BCUT2D eigenvalue weighted by Gasteiger charge is 2.30. The van der Waals surface area contributed by atoms with Crippen LogP contribution in [0.3, 0.4) is 0 Å². The molecule has 3 aromatic rings. The number of nitriles is 1. The first-order valence-corrected chi connectivity index (χ1v) is 11.3. The Morgan fingerprint density at radius 2 is 1.82 bits per heavy atom. The largest absolute Gasteiger partial charge is 0.460 e. The fraction of sp³-hybridized carbons (Fsp3) is 0.0909. The molecule has 176 valence electrons. The third kappa shape index (κ3) is 6.48. The third-order valence-electron chi connectivity index (χ3n) is 4.34. The normalized spacial score (nSPS) is 12.3. The van der Waals surface area contributed by atoms with E-state index in [-0.39, 0.29) is 28.6 Å². The first-order chi connectivity index (χ1) is 16.0. The highest BCUT2D eigenvalue weighted by molar-refractivity contribution is 7.89. The first kappa shape index (κ1) is 25.0. The van der Waals surface area contributed by atoms with Crippen molar-refractivity contribution >= 4 is 39.3 Å². The van der Waals surface area contributed by atoms with Crippen LogP contribution in [0.15, 0.2) is 75.5 Å². The van der Waals surface area contributed by atoms with Gasteiger partial charge in [0.25, 0.3) is 5.91 Å². The van der Waals surface area contributed by atoms with E-state index < -0.39 is 33.2 Å². The molecule has 0 bridgehead atoms. The Kier molecular flexibility index (Phi) is 7.46. The zero-order valence-electron chi connectivity index (χ0n) is 17.1. The minimum Gasteiger partial charge on any atom is -0.460 e. The minimum absolute atomic E-state index is 0.00149. The van der Waals surface area contributed by atoms with Crippen LogP contribution in [0, 0.1) is 11.3 Å². The van der Waals surface area contributed by atoms with Crippen molar-refractivity contribution in [3.63, 3.8) is 0 Å². The molecular formula is C22H15ClF3N3O4S. The number of alkyl halides is 3. The standard InChI is InChI=1S/C22H15ClF3N3O4S/c23-16-4-8-20(9-5-16)34(31,32)28-13-19-7-6-18(33-19)10-14(12-27)21(30)29-17-3-1-2-15(11-17)22(24,25)26/h1-11,28H,13H2,(H,29,30)/b14-10-. The van der Waals surface area contributed by atoms with Crippen molar-refractivity contribution in [2.24, 2.45) is 0 Å². The van der Waals surface area contributed by atoms with Gasteiger partial charge < -0.3 is 9.73 Å². The summed E-state index contributed by atoms with van der Waals surface area (Å²) in [4.78, 5) is 12.3. The average molecular weight is 510 g/mol. The zero-order chi connectivity index (χ0) is 24.9. The molecule has 0 unspecified atom stereocenters. The molecule has 1 aromatic heterocycles. The lowest BCUT2D eigenvalue weighted by atomic mass is 10.1. The molecular weight excluding hydrogens is 495 g/mol. The Hall–Kier alpha value is -3.59. The van der Waals surface area contributed by atoms with Gasteiger partial charge in [0, 0.05) is 16.8 Å². The van der Waals surface area contributed by atoms with Crippen molar-refractivity contribution in [3.05, 3.63) is 88.3 Å². The Labute approximate surface area is 197 Å². The van der Waals surface area contributed by atoms with Crippen LogP contribution < -0.4 is 10.0 Å². The number of benzene rings is 2. The molecule has 2 N–H and O–H groups in total. The Balaban J connectivity index is 1.68. The lowest BCUT2D eigenvalue weighted by Crippen LogP contribution is -2.22. The second kappa shape index (κ2) is 10.1. The van der Waals surface area contributed by atoms with Gasteiger partial charge >= 0.3 is 6.18 Å². The Bertz CT molecular complexity index is 1380. The minimum atomic E-state index is -4.59. The number of furan rings is 1. The number of amides is 1. The van der Waals surface area contributed by atoms with E-state index in [1.165, 1.54) is 42.5 Å². The van der Waals surface area contributed by atoms with Gasteiger partial charge in [0.05, 0.1) is 17.0 Å². The second-order valence-electron chi connectivity index (χ2n) is 6.79. The molecule has 2 aromatic carbocycles. The lowest BCUT2D eigenvalue weighted by Gasteiger charge is -2.09. The number of anilines is 1. The van der Waals surface area contributed by atoms with Gasteiger partial charge in [-0.05, 0) is 54.6 Å². The van der Waals surface area contributed by atoms with Crippen LogP contribution >= 0.6 is 11.6 Å². The van der Waals surface area contributed by atoms with Crippen molar-refractivity contribution < 1.29 is 30.8 Å². The van der Waals surface area contributed by atoms with Gasteiger partial charge in [0.15, 0.2) is 0 Å². The van der Waals surface area contributed by atoms with Crippen LogP contribution in [0.1, 0.15) is 17.1 Å². The van der Waals surface area contributed by atoms with Crippen molar-refractivity contribution in [1.29, 1.82) is 5.26 Å². The van der Waals surface area contributed by atoms with Crippen LogP contribution in [-0.2, 0) is 27.5 Å². The topological polar surface area (TPSA) is 112 Å². The quantitative estimate of drug-likeness (QED) is 0.345. The van der Waals surface area contributed by atoms with E-state index in [1.807, 2.05) is 0 Å². The number of hydrogen-bond acceptors (Lipinski definition) is 5. The number of hydrogen-bond donors (Lipinski definition) is 2. The van der Waals surface area contributed by atoms with Crippen molar-refractivity contribution in [2.45, 2.75) is 17.6 Å². The van der Waals surface area contributed by atoms with Crippen LogP contribution in [0.25, 0.3) is 6.08 Å². The SMILES string of the molecule is N#C/C(=C/c1ccc(CNS(=O)(=O)c2ccc(Cl)cc2)o1)C(=O)Nc1cccc(C(F)(F)F)c1. The summed E-state index contributed by atoms with van der Waals surface area (Å²) >= 11 is 5.75. The predicted octanol–water partition coefficient (Wildman–Crippen LogP) is 4.98. The van der Waals surface area contributed by atoms with Gasteiger partial charge in [-0.3, -0.25) is 4.79 Å². The Morgan fingerprint density at radius 1 is 1.12 bits per heavy atom. The van der Waals surface area contributed by atoms with Gasteiger partial charge in [-0.25, -0.2) is 13.1 Å². The molecule has 0 saturated heterocycles. The maximum absolute atomic E-state index is 12.8. The van der Waals surface area contributed by atoms with E-state index in [4.69, 9.17) is 16.0 Å². The van der Waals surface area contributed by atoms with E-state index in [0.717, 1.165) is 24.3 Å². The molecule has 0 aliphatic heterocycles. The van der Waals surface area contributed by atoms with Gasteiger partial charge in [0.1, 0.15) is 23.2 Å². The molecule has 1 heterocycles. The number of halogens is 4. The maximum Gasteiger partial charge on any atom is 0.416 e. The molecule has 0 aliphatic rings. The van der Waals surface area contributed by atoms with Gasteiger partial charge in [-0.2, -0.15) is 18.4 Å². The zero-order valence-corrected chi connectivity index (χ0v) is 18.6. The molecule has 0 radical (unpaired) electrons. The van der Waals surface area contributed by atoms with Crippen molar-refractivity contribution in [1.82, 2.24) is 4.72 Å². The average Bonchev–Trinajstić information content (AvgIpc) is 3.23. The molecule has 12 heteroatoms. The first-order valence-electron chi connectivity index (χ1n) is 9.42. The smallest absolute Gasteiger partial charge is 0.416 e. The highest BCUT2D eigenvalue weighted by atomic mass is 35.5. The van der Waals surface area contributed by atoms with E-state index in [0.29, 0.717) is 5.02 Å². The molecule has 0 atom stereocenters. The van der Waals surface area contributed by atoms with E-state index in [9.17, 15) is 31.6 Å². The number of nitrogens with zero attached hydrogens (tertiary/aromatic N) is 1. The summed E-state index contributed by atoms with van der Waals surface area (Å²) in [7, 11) is -3.84. The summed E-state index contributed by atoms with van der Waals surface area (Å²) in [6.45, 7) is -0.211. The van der Waals surface area contributed by atoms with Crippen LogP contribution in [0.5, 0.6) is 0 Å². The molecule has 3 rings (SSSR count).